The molecular formula is C10H10O4S. The summed E-state index contributed by atoms with van der Waals surface area (Å²) in [5, 5.41) is 8.34. The van der Waals surface area contributed by atoms with E-state index in [-0.39, 0.29) is 16.7 Å². The van der Waals surface area contributed by atoms with E-state index >= 15 is 0 Å². The van der Waals surface area contributed by atoms with Crippen molar-refractivity contribution >= 4 is 10.1 Å². The second kappa shape index (κ2) is 3.77. The molecule has 0 amide bonds. The summed E-state index contributed by atoms with van der Waals surface area (Å²) in [6.07, 6.45) is 12.3. The van der Waals surface area contributed by atoms with E-state index in [1.165, 1.54) is 6.08 Å². The van der Waals surface area contributed by atoms with Crippen LogP contribution in [0.1, 0.15) is 0 Å². The standard InChI is InChI=1S/C10H10O4S/c11-14-15(12,13)10-7-3-5-8-4-1-2-6-9(8)10/h1-9,11H. The van der Waals surface area contributed by atoms with Crippen LogP contribution >= 0.6 is 0 Å². The fraction of sp³-hybridized carbons (Fsp3) is 0.200. The minimum absolute atomic E-state index is 0.0138. The van der Waals surface area contributed by atoms with Crippen molar-refractivity contribution in [2.45, 2.75) is 0 Å². The molecule has 0 bridgehead atoms. The van der Waals surface area contributed by atoms with E-state index in [1.54, 1.807) is 18.2 Å². The van der Waals surface area contributed by atoms with E-state index in [1.807, 2.05) is 18.2 Å². The molecule has 0 aliphatic heterocycles. The molecule has 0 saturated heterocycles. The van der Waals surface area contributed by atoms with Crippen LogP contribution in [0, 0.1) is 11.8 Å². The van der Waals surface area contributed by atoms with Gasteiger partial charge in [0.25, 0.3) is 0 Å². The molecule has 4 nitrogen and oxygen atoms in total. The Hall–Kier alpha value is -1.17. The second-order valence-corrected chi connectivity index (χ2v) is 4.88. The van der Waals surface area contributed by atoms with Gasteiger partial charge in [-0.3, -0.25) is 0 Å². The number of hydrogen-bond acceptors (Lipinski definition) is 4. The van der Waals surface area contributed by atoms with E-state index in [9.17, 15) is 8.42 Å². The molecule has 5 heteroatoms. The normalized spacial score (nSPS) is 28.7. The molecule has 0 heterocycles. The van der Waals surface area contributed by atoms with Gasteiger partial charge in [0.1, 0.15) is 0 Å². The third kappa shape index (κ3) is 1.81. The van der Waals surface area contributed by atoms with Crippen LogP contribution in [0.25, 0.3) is 0 Å². The Balaban J connectivity index is 2.42. The molecule has 0 radical (unpaired) electrons. The number of allylic oxidation sites excluding steroid dienone is 8. The topological polar surface area (TPSA) is 63.6 Å². The average molecular weight is 226 g/mol. The van der Waals surface area contributed by atoms with Gasteiger partial charge in [0.05, 0.1) is 4.91 Å². The van der Waals surface area contributed by atoms with Crippen LogP contribution in [0.4, 0.5) is 0 Å². The lowest BCUT2D eigenvalue weighted by Crippen LogP contribution is -2.22. The smallest absolute Gasteiger partial charge is 0.235 e. The Morgan fingerprint density at radius 3 is 2.53 bits per heavy atom. The van der Waals surface area contributed by atoms with Gasteiger partial charge in [0.2, 0.25) is 0 Å². The van der Waals surface area contributed by atoms with Gasteiger partial charge in [-0.2, -0.15) is 8.42 Å². The van der Waals surface area contributed by atoms with E-state index in [0.29, 0.717) is 0 Å². The van der Waals surface area contributed by atoms with Crippen LogP contribution in [-0.2, 0) is 14.5 Å². The maximum atomic E-state index is 11.4. The zero-order valence-corrected chi connectivity index (χ0v) is 8.59. The van der Waals surface area contributed by atoms with Gasteiger partial charge >= 0.3 is 10.1 Å². The van der Waals surface area contributed by atoms with E-state index in [4.69, 9.17) is 5.26 Å². The molecule has 0 fully saturated rings. The molecule has 0 aromatic rings. The molecule has 2 unspecified atom stereocenters. The quantitative estimate of drug-likeness (QED) is 0.574. The summed E-state index contributed by atoms with van der Waals surface area (Å²) < 4.78 is 26.3. The van der Waals surface area contributed by atoms with Crippen molar-refractivity contribution in [2.24, 2.45) is 11.8 Å². The molecule has 0 saturated carbocycles. The molecule has 2 aliphatic carbocycles. The van der Waals surface area contributed by atoms with Crippen molar-refractivity contribution in [2.75, 3.05) is 0 Å². The minimum Gasteiger partial charge on any atom is -0.235 e. The molecule has 0 aromatic heterocycles. The highest BCUT2D eigenvalue weighted by Crippen LogP contribution is 2.34. The monoisotopic (exact) mass is 226 g/mol. The highest BCUT2D eigenvalue weighted by atomic mass is 32.2. The number of rotatable bonds is 2. The first kappa shape index (κ1) is 10.4. The average Bonchev–Trinajstić information content (AvgIpc) is 2.28. The lowest BCUT2D eigenvalue weighted by molar-refractivity contribution is -0.129. The Bertz CT molecular complexity index is 468. The SMILES string of the molecule is O=S(=O)(OO)C1=CC=CC2C=CC=CC12. The van der Waals surface area contributed by atoms with Gasteiger partial charge in [-0.25, -0.2) is 5.26 Å². The summed E-state index contributed by atoms with van der Waals surface area (Å²) in [7, 11) is -4.01. The van der Waals surface area contributed by atoms with Gasteiger partial charge in [-0.05, 0) is 6.08 Å². The fourth-order valence-corrected chi connectivity index (χ4v) is 2.68. The third-order valence-corrected chi connectivity index (χ3v) is 3.67. The van der Waals surface area contributed by atoms with Crippen LogP contribution in [0.15, 0.2) is 47.4 Å². The summed E-state index contributed by atoms with van der Waals surface area (Å²) in [5.41, 5.74) is 0. The summed E-state index contributed by atoms with van der Waals surface area (Å²) in [6.45, 7) is 0. The van der Waals surface area contributed by atoms with Crippen LogP contribution < -0.4 is 0 Å². The maximum absolute atomic E-state index is 11.4. The number of fused-ring (bicyclic) bond motifs is 1. The molecular weight excluding hydrogens is 216 g/mol. The summed E-state index contributed by atoms with van der Waals surface area (Å²) in [6, 6.07) is 0. The zero-order chi connectivity index (χ0) is 10.9. The summed E-state index contributed by atoms with van der Waals surface area (Å²) in [4.78, 5) is 0.0816. The van der Waals surface area contributed by atoms with Crippen molar-refractivity contribution in [3.63, 3.8) is 0 Å². The summed E-state index contributed by atoms with van der Waals surface area (Å²) in [5.74, 6) is -0.267. The first-order valence-electron chi connectivity index (χ1n) is 4.46. The van der Waals surface area contributed by atoms with Crippen LogP contribution in [-0.4, -0.2) is 13.7 Å². The Kier molecular flexibility index (Phi) is 2.60. The minimum atomic E-state index is -4.01. The molecule has 2 atom stereocenters. The number of hydrogen-bond donors (Lipinski definition) is 1. The van der Waals surface area contributed by atoms with Crippen LogP contribution in [0.5, 0.6) is 0 Å². The molecule has 0 aromatic carbocycles. The van der Waals surface area contributed by atoms with Gasteiger partial charge in [-0.15, -0.1) is 4.33 Å². The lowest BCUT2D eigenvalue weighted by Gasteiger charge is -2.25. The molecule has 80 valence electrons. The van der Waals surface area contributed by atoms with Crippen LogP contribution in [0.3, 0.4) is 0 Å². The van der Waals surface area contributed by atoms with Crippen molar-refractivity contribution < 1.29 is 18.0 Å². The predicted molar refractivity (Wildman–Crippen MR) is 55.1 cm³/mol. The van der Waals surface area contributed by atoms with Gasteiger partial charge in [0.15, 0.2) is 0 Å². The highest BCUT2D eigenvalue weighted by Gasteiger charge is 2.31. The van der Waals surface area contributed by atoms with Gasteiger partial charge in [-0.1, -0.05) is 36.5 Å². The van der Waals surface area contributed by atoms with Crippen molar-refractivity contribution in [1.82, 2.24) is 0 Å². The third-order valence-electron chi connectivity index (χ3n) is 2.49. The van der Waals surface area contributed by atoms with Crippen LogP contribution in [0.2, 0.25) is 0 Å². The second-order valence-electron chi connectivity index (χ2n) is 3.36. The molecule has 15 heavy (non-hydrogen) atoms. The molecule has 2 rings (SSSR count). The molecule has 1 N–H and O–H groups in total. The Morgan fingerprint density at radius 2 is 1.80 bits per heavy atom. The van der Waals surface area contributed by atoms with Crippen molar-refractivity contribution in [1.29, 1.82) is 0 Å². The van der Waals surface area contributed by atoms with Crippen molar-refractivity contribution in [3.05, 3.63) is 47.4 Å². The summed E-state index contributed by atoms with van der Waals surface area (Å²) >= 11 is 0. The Labute approximate surface area is 87.9 Å². The van der Waals surface area contributed by atoms with Gasteiger partial charge in [0, 0.05) is 11.8 Å². The van der Waals surface area contributed by atoms with E-state index in [2.05, 4.69) is 4.33 Å². The first-order valence-corrected chi connectivity index (χ1v) is 5.87. The Morgan fingerprint density at radius 1 is 1.13 bits per heavy atom. The highest BCUT2D eigenvalue weighted by molar-refractivity contribution is 7.90. The molecule has 0 spiro atoms. The van der Waals surface area contributed by atoms with E-state index in [0.717, 1.165) is 0 Å². The first-order chi connectivity index (χ1) is 7.15. The predicted octanol–water partition coefficient (Wildman–Crippen LogP) is 1.62. The van der Waals surface area contributed by atoms with Crippen molar-refractivity contribution in [3.8, 4) is 0 Å². The molecule has 2 aliphatic rings. The maximum Gasteiger partial charge on any atom is 0.319 e. The van der Waals surface area contributed by atoms with E-state index < -0.39 is 10.1 Å². The lowest BCUT2D eigenvalue weighted by atomic mass is 9.85. The van der Waals surface area contributed by atoms with Gasteiger partial charge < -0.3 is 0 Å². The largest absolute Gasteiger partial charge is 0.319 e. The zero-order valence-electron chi connectivity index (χ0n) is 7.78. The fourth-order valence-electron chi connectivity index (χ4n) is 1.78.